The van der Waals surface area contributed by atoms with Crippen LogP contribution in [0.25, 0.3) is 0 Å². The zero-order valence-corrected chi connectivity index (χ0v) is 13.8. The van der Waals surface area contributed by atoms with Gasteiger partial charge < -0.3 is 15.1 Å². The van der Waals surface area contributed by atoms with E-state index >= 15 is 0 Å². The van der Waals surface area contributed by atoms with E-state index in [0.29, 0.717) is 6.04 Å². The Morgan fingerprint density at radius 1 is 1.00 bits per heavy atom. The van der Waals surface area contributed by atoms with E-state index in [9.17, 15) is 0 Å². The molecule has 20 heavy (non-hydrogen) atoms. The minimum Gasteiger partial charge on any atom is -0.375 e. The topological polar surface area (TPSA) is 18.5 Å². The average Bonchev–Trinajstić information content (AvgIpc) is 2.44. The molecule has 0 spiro atoms. The third kappa shape index (κ3) is 5.51. The van der Waals surface area contributed by atoms with Gasteiger partial charge in [-0.3, -0.25) is 0 Å². The highest BCUT2D eigenvalue weighted by Crippen LogP contribution is 2.20. The fourth-order valence-corrected chi connectivity index (χ4v) is 2.46. The van der Waals surface area contributed by atoms with Crippen LogP contribution in [0.4, 0.5) is 5.69 Å². The predicted molar refractivity (Wildman–Crippen MR) is 89.6 cm³/mol. The summed E-state index contributed by atoms with van der Waals surface area (Å²) in [6.45, 7) is 7.65. The van der Waals surface area contributed by atoms with Gasteiger partial charge in [-0.05, 0) is 57.7 Å². The normalized spacial score (nSPS) is 12.7. The van der Waals surface area contributed by atoms with E-state index < -0.39 is 0 Å². The first kappa shape index (κ1) is 17.0. The van der Waals surface area contributed by atoms with Crippen molar-refractivity contribution in [3.63, 3.8) is 0 Å². The quantitative estimate of drug-likeness (QED) is 0.748. The Bertz CT molecular complexity index is 359. The molecule has 1 unspecified atom stereocenters. The van der Waals surface area contributed by atoms with Crippen molar-refractivity contribution in [1.29, 1.82) is 0 Å². The van der Waals surface area contributed by atoms with Crippen LogP contribution >= 0.6 is 0 Å². The Morgan fingerprint density at radius 2 is 1.65 bits per heavy atom. The van der Waals surface area contributed by atoms with Crippen LogP contribution in [-0.2, 0) is 0 Å². The maximum atomic E-state index is 3.52. The SMILES string of the molecule is CCNC(CC)c1ccc(N(C)CCCN(C)C)cc1. The second kappa shape index (κ2) is 8.98. The summed E-state index contributed by atoms with van der Waals surface area (Å²) in [4.78, 5) is 4.57. The molecule has 0 fully saturated rings. The molecule has 1 aromatic rings. The van der Waals surface area contributed by atoms with Crippen molar-refractivity contribution in [2.45, 2.75) is 32.7 Å². The van der Waals surface area contributed by atoms with Crippen LogP contribution < -0.4 is 10.2 Å². The van der Waals surface area contributed by atoms with Gasteiger partial charge >= 0.3 is 0 Å². The lowest BCUT2D eigenvalue weighted by atomic mass is 10.0. The number of nitrogens with one attached hydrogen (secondary N) is 1. The highest BCUT2D eigenvalue weighted by molar-refractivity contribution is 5.47. The summed E-state index contributed by atoms with van der Waals surface area (Å²) in [5.74, 6) is 0. The first-order valence-electron chi connectivity index (χ1n) is 7.77. The molecule has 0 saturated heterocycles. The predicted octanol–water partition coefficient (Wildman–Crippen LogP) is 3.14. The lowest BCUT2D eigenvalue weighted by Crippen LogP contribution is -2.23. The van der Waals surface area contributed by atoms with E-state index in [-0.39, 0.29) is 0 Å². The largest absolute Gasteiger partial charge is 0.375 e. The molecule has 0 aliphatic rings. The van der Waals surface area contributed by atoms with E-state index in [1.807, 2.05) is 0 Å². The third-order valence-electron chi connectivity index (χ3n) is 3.69. The van der Waals surface area contributed by atoms with Gasteiger partial charge in [0.25, 0.3) is 0 Å². The number of hydrogen-bond donors (Lipinski definition) is 1. The molecule has 0 radical (unpaired) electrons. The summed E-state index contributed by atoms with van der Waals surface area (Å²) in [5.41, 5.74) is 2.69. The van der Waals surface area contributed by atoms with Gasteiger partial charge in [0, 0.05) is 25.3 Å². The summed E-state index contributed by atoms with van der Waals surface area (Å²) in [6.07, 6.45) is 2.33. The van der Waals surface area contributed by atoms with Gasteiger partial charge in [0.05, 0.1) is 0 Å². The van der Waals surface area contributed by atoms with Gasteiger partial charge in [-0.1, -0.05) is 26.0 Å². The highest BCUT2D eigenvalue weighted by Gasteiger charge is 2.08. The Balaban J connectivity index is 2.56. The smallest absolute Gasteiger partial charge is 0.0363 e. The van der Waals surface area contributed by atoms with Gasteiger partial charge in [-0.15, -0.1) is 0 Å². The van der Waals surface area contributed by atoms with E-state index in [1.54, 1.807) is 0 Å². The summed E-state index contributed by atoms with van der Waals surface area (Å²) in [6, 6.07) is 9.48. The molecule has 1 atom stereocenters. The van der Waals surface area contributed by atoms with Crippen LogP contribution in [-0.4, -0.2) is 45.7 Å². The molecule has 0 aliphatic carbocycles. The van der Waals surface area contributed by atoms with E-state index in [1.165, 1.54) is 17.7 Å². The molecule has 0 heterocycles. The summed E-state index contributed by atoms with van der Waals surface area (Å²) >= 11 is 0. The van der Waals surface area contributed by atoms with E-state index in [2.05, 4.69) is 74.4 Å². The Kier molecular flexibility index (Phi) is 7.63. The van der Waals surface area contributed by atoms with Crippen LogP contribution in [0.3, 0.4) is 0 Å². The summed E-state index contributed by atoms with van der Waals surface area (Å²) < 4.78 is 0. The Morgan fingerprint density at radius 3 is 2.15 bits per heavy atom. The van der Waals surface area contributed by atoms with Crippen molar-refractivity contribution < 1.29 is 0 Å². The number of hydrogen-bond acceptors (Lipinski definition) is 3. The number of nitrogens with zero attached hydrogens (tertiary/aromatic N) is 2. The highest BCUT2D eigenvalue weighted by atomic mass is 15.1. The van der Waals surface area contributed by atoms with Gasteiger partial charge in [0.15, 0.2) is 0 Å². The van der Waals surface area contributed by atoms with Gasteiger partial charge in [0.1, 0.15) is 0 Å². The van der Waals surface area contributed by atoms with Crippen molar-refractivity contribution >= 4 is 5.69 Å². The molecule has 0 amide bonds. The van der Waals surface area contributed by atoms with Crippen molar-refractivity contribution in [3.05, 3.63) is 29.8 Å². The van der Waals surface area contributed by atoms with Crippen molar-refractivity contribution in [1.82, 2.24) is 10.2 Å². The molecule has 0 bridgehead atoms. The second-order valence-electron chi connectivity index (χ2n) is 5.69. The molecular weight excluding hydrogens is 246 g/mol. The molecular formula is C17H31N3. The molecule has 3 heteroatoms. The van der Waals surface area contributed by atoms with Crippen LogP contribution in [0, 0.1) is 0 Å². The molecule has 0 aromatic heterocycles. The molecule has 1 aromatic carbocycles. The third-order valence-corrected chi connectivity index (χ3v) is 3.69. The second-order valence-corrected chi connectivity index (χ2v) is 5.69. The fourth-order valence-electron chi connectivity index (χ4n) is 2.46. The maximum Gasteiger partial charge on any atom is 0.0363 e. The van der Waals surface area contributed by atoms with Crippen molar-refractivity contribution in [2.75, 3.05) is 45.7 Å². The summed E-state index contributed by atoms with van der Waals surface area (Å²) in [7, 11) is 6.42. The lowest BCUT2D eigenvalue weighted by molar-refractivity contribution is 0.401. The number of rotatable bonds is 9. The van der Waals surface area contributed by atoms with Gasteiger partial charge in [-0.25, -0.2) is 0 Å². The molecule has 0 aliphatic heterocycles. The van der Waals surface area contributed by atoms with Crippen LogP contribution in [0.1, 0.15) is 38.3 Å². The lowest BCUT2D eigenvalue weighted by Gasteiger charge is -2.22. The first-order valence-corrected chi connectivity index (χ1v) is 7.77. The Hall–Kier alpha value is -1.06. The molecule has 1 N–H and O–H groups in total. The van der Waals surface area contributed by atoms with Crippen LogP contribution in [0.5, 0.6) is 0 Å². The average molecular weight is 277 g/mol. The number of benzene rings is 1. The van der Waals surface area contributed by atoms with Crippen molar-refractivity contribution in [2.24, 2.45) is 0 Å². The van der Waals surface area contributed by atoms with Crippen molar-refractivity contribution in [3.8, 4) is 0 Å². The maximum absolute atomic E-state index is 3.52. The zero-order valence-electron chi connectivity index (χ0n) is 13.8. The number of anilines is 1. The first-order chi connectivity index (χ1) is 9.58. The molecule has 3 nitrogen and oxygen atoms in total. The van der Waals surface area contributed by atoms with Crippen LogP contribution in [0.15, 0.2) is 24.3 Å². The minimum atomic E-state index is 0.480. The van der Waals surface area contributed by atoms with Gasteiger partial charge in [-0.2, -0.15) is 0 Å². The summed E-state index contributed by atoms with van der Waals surface area (Å²) in [5, 5.41) is 3.52. The van der Waals surface area contributed by atoms with Gasteiger partial charge in [0.2, 0.25) is 0 Å². The fraction of sp³-hybridized carbons (Fsp3) is 0.647. The standard InChI is InChI=1S/C17H31N3/c1-6-17(18-7-2)15-9-11-16(12-10-15)20(5)14-8-13-19(3)4/h9-12,17-18H,6-8,13-14H2,1-5H3. The minimum absolute atomic E-state index is 0.480. The molecule has 114 valence electrons. The molecule has 0 saturated carbocycles. The Labute approximate surface area is 125 Å². The van der Waals surface area contributed by atoms with E-state index in [4.69, 9.17) is 0 Å². The monoisotopic (exact) mass is 277 g/mol. The zero-order chi connectivity index (χ0) is 15.0. The van der Waals surface area contributed by atoms with E-state index in [0.717, 1.165) is 26.1 Å². The van der Waals surface area contributed by atoms with Crippen LogP contribution in [0.2, 0.25) is 0 Å². The molecule has 1 rings (SSSR count).